The van der Waals surface area contributed by atoms with Crippen LogP contribution in [0, 0.1) is 0 Å². The maximum absolute atomic E-state index is 10.5. The van der Waals surface area contributed by atoms with Crippen LogP contribution in [-0.4, -0.2) is 46.1 Å². The second-order valence-electron chi connectivity index (χ2n) is 3.46. The first kappa shape index (κ1) is 11.9. The van der Waals surface area contributed by atoms with E-state index in [9.17, 15) is 4.79 Å². The number of amides is 2. The summed E-state index contributed by atoms with van der Waals surface area (Å²) in [4.78, 5) is 26.0. The predicted molar refractivity (Wildman–Crippen MR) is 67.3 cm³/mol. The number of nitrogens with two attached hydrogens (primary N) is 1. The van der Waals surface area contributed by atoms with Crippen LogP contribution >= 0.6 is 0 Å². The molecule has 18 heavy (non-hydrogen) atoms. The van der Waals surface area contributed by atoms with Crippen LogP contribution in [0.1, 0.15) is 0 Å². The van der Waals surface area contributed by atoms with Crippen molar-refractivity contribution >= 4 is 29.0 Å². The number of carbonyl (C=O) groups excluding carboxylic acids is 1. The molecular weight excluding hydrogens is 236 g/mol. The minimum Gasteiger partial charge on any atom is -0.366 e. The molecule has 2 amide bonds. The van der Waals surface area contributed by atoms with Gasteiger partial charge in [0, 0.05) is 20.1 Å². The molecular formula is C9H14N8O. The van der Waals surface area contributed by atoms with Crippen LogP contribution in [-0.2, 0) is 0 Å². The molecule has 2 aromatic heterocycles. The first-order valence-electron chi connectivity index (χ1n) is 5.36. The average Bonchev–Trinajstić information content (AvgIpc) is 2.82. The molecule has 9 nitrogen and oxygen atoms in total. The summed E-state index contributed by atoms with van der Waals surface area (Å²) in [5, 5.41) is 8.40. The molecule has 0 unspecified atom stereocenters. The van der Waals surface area contributed by atoms with E-state index in [1.807, 2.05) is 0 Å². The van der Waals surface area contributed by atoms with Gasteiger partial charge in [0.15, 0.2) is 11.5 Å². The summed E-state index contributed by atoms with van der Waals surface area (Å²) in [5.41, 5.74) is 6.25. The summed E-state index contributed by atoms with van der Waals surface area (Å²) < 4.78 is 0. The van der Waals surface area contributed by atoms with E-state index in [0.717, 1.165) is 0 Å². The van der Waals surface area contributed by atoms with Crippen molar-refractivity contribution in [3.05, 3.63) is 6.33 Å². The third-order valence-electron chi connectivity index (χ3n) is 2.23. The Bertz CT molecular complexity index is 550. The molecule has 2 rings (SSSR count). The number of hydrogen-bond acceptors (Lipinski definition) is 6. The summed E-state index contributed by atoms with van der Waals surface area (Å²) in [6, 6.07) is -0.554. The highest BCUT2D eigenvalue weighted by Gasteiger charge is 2.08. The lowest BCUT2D eigenvalue weighted by Crippen LogP contribution is -2.33. The van der Waals surface area contributed by atoms with Crippen molar-refractivity contribution in [1.82, 2.24) is 25.3 Å². The Morgan fingerprint density at radius 2 is 2.28 bits per heavy atom. The first-order chi connectivity index (χ1) is 8.70. The quantitative estimate of drug-likeness (QED) is 0.453. The third-order valence-corrected chi connectivity index (χ3v) is 2.23. The molecule has 0 saturated carbocycles. The second-order valence-corrected chi connectivity index (χ2v) is 3.46. The molecule has 0 aliphatic heterocycles. The summed E-state index contributed by atoms with van der Waals surface area (Å²) in [5.74, 6) is 1.09. The van der Waals surface area contributed by atoms with Crippen LogP contribution in [0.4, 0.5) is 16.6 Å². The Hall–Kier alpha value is -2.58. The van der Waals surface area contributed by atoms with E-state index < -0.39 is 6.03 Å². The third kappa shape index (κ3) is 2.56. The summed E-state index contributed by atoms with van der Waals surface area (Å²) in [7, 11) is 1.73. The number of aromatic nitrogens is 4. The molecule has 0 atom stereocenters. The van der Waals surface area contributed by atoms with E-state index in [1.54, 1.807) is 13.4 Å². The zero-order valence-corrected chi connectivity index (χ0v) is 9.82. The number of nitrogens with zero attached hydrogens (tertiary/aromatic N) is 3. The minimum atomic E-state index is -0.554. The second kappa shape index (κ2) is 5.17. The van der Waals surface area contributed by atoms with Crippen LogP contribution in [0.25, 0.3) is 11.2 Å². The van der Waals surface area contributed by atoms with Gasteiger partial charge in [0.25, 0.3) is 0 Å². The highest BCUT2D eigenvalue weighted by Crippen LogP contribution is 2.17. The molecule has 0 bridgehead atoms. The number of aromatic amines is 1. The lowest BCUT2D eigenvalue weighted by atomic mass is 10.4. The van der Waals surface area contributed by atoms with E-state index in [-0.39, 0.29) is 0 Å². The number of nitrogens with one attached hydrogen (secondary N) is 4. The van der Waals surface area contributed by atoms with Gasteiger partial charge in [0.05, 0.1) is 6.33 Å². The topological polar surface area (TPSA) is 134 Å². The smallest absolute Gasteiger partial charge is 0.312 e. The maximum atomic E-state index is 10.5. The van der Waals surface area contributed by atoms with Gasteiger partial charge >= 0.3 is 6.03 Å². The zero-order chi connectivity index (χ0) is 13.0. The van der Waals surface area contributed by atoms with Gasteiger partial charge in [0.1, 0.15) is 5.52 Å². The first-order valence-corrected chi connectivity index (χ1v) is 5.36. The molecule has 2 heterocycles. The standard InChI is InChI=1S/C9H14N8O/c1-11-9-16-6(12-2-3-13-8(10)18)5-7(17-9)15-4-14-5/h4H,2-3H2,1H3,(H3,10,13,18)(H3,11,12,14,15,16,17). The summed E-state index contributed by atoms with van der Waals surface area (Å²) >= 11 is 0. The lowest BCUT2D eigenvalue weighted by Gasteiger charge is -2.08. The molecule has 0 spiro atoms. The molecule has 6 N–H and O–H groups in total. The average molecular weight is 250 g/mol. The Balaban J connectivity index is 2.10. The number of H-pyrrole nitrogens is 1. The van der Waals surface area contributed by atoms with E-state index in [2.05, 4.69) is 35.9 Å². The Labute approximate surface area is 103 Å². The fraction of sp³-hybridized carbons (Fsp3) is 0.333. The van der Waals surface area contributed by atoms with Gasteiger partial charge in [-0.05, 0) is 0 Å². The number of primary amides is 1. The largest absolute Gasteiger partial charge is 0.366 e. The SMILES string of the molecule is CNc1nc(NCCNC(N)=O)c2[nH]cnc2n1. The van der Waals surface area contributed by atoms with Crippen LogP contribution in [0.3, 0.4) is 0 Å². The van der Waals surface area contributed by atoms with Gasteiger partial charge in [-0.15, -0.1) is 0 Å². The monoisotopic (exact) mass is 250 g/mol. The van der Waals surface area contributed by atoms with Crippen molar-refractivity contribution in [2.24, 2.45) is 5.73 Å². The molecule has 0 aliphatic carbocycles. The van der Waals surface area contributed by atoms with Crippen molar-refractivity contribution in [1.29, 1.82) is 0 Å². The van der Waals surface area contributed by atoms with Gasteiger partial charge in [0.2, 0.25) is 5.95 Å². The number of hydrogen-bond donors (Lipinski definition) is 5. The van der Waals surface area contributed by atoms with Crippen molar-refractivity contribution < 1.29 is 4.79 Å². The van der Waals surface area contributed by atoms with E-state index >= 15 is 0 Å². The Morgan fingerprint density at radius 3 is 3.00 bits per heavy atom. The minimum absolute atomic E-state index is 0.407. The molecule has 0 saturated heterocycles. The van der Waals surface area contributed by atoms with E-state index in [4.69, 9.17) is 5.73 Å². The highest BCUT2D eigenvalue weighted by molar-refractivity contribution is 5.83. The van der Waals surface area contributed by atoms with Crippen LogP contribution in [0.15, 0.2) is 6.33 Å². The lowest BCUT2D eigenvalue weighted by molar-refractivity contribution is 0.249. The predicted octanol–water partition coefficient (Wildman–Crippen LogP) is -0.525. The molecule has 0 fully saturated rings. The van der Waals surface area contributed by atoms with Crippen molar-refractivity contribution in [2.45, 2.75) is 0 Å². The zero-order valence-electron chi connectivity index (χ0n) is 9.82. The molecule has 9 heteroatoms. The van der Waals surface area contributed by atoms with Crippen molar-refractivity contribution in [3.63, 3.8) is 0 Å². The van der Waals surface area contributed by atoms with Crippen LogP contribution < -0.4 is 21.7 Å². The number of imidazole rings is 1. The maximum Gasteiger partial charge on any atom is 0.312 e. The van der Waals surface area contributed by atoms with Crippen molar-refractivity contribution in [2.75, 3.05) is 30.8 Å². The molecule has 0 radical (unpaired) electrons. The van der Waals surface area contributed by atoms with Gasteiger partial charge in [-0.2, -0.15) is 9.97 Å². The molecule has 96 valence electrons. The molecule has 0 aliphatic rings. The van der Waals surface area contributed by atoms with Crippen LogP contribution in [0.2, 0.25) is 0 Å². The van der Waals surface area contributed by atoms with Gasteiger partial charge in [-0.25, -0.2) is 9.78 Å². The Kier molecular flexibility index (Phi) is 3.41. The highest BCUT2D eigenvalue weighted by atomic mass is 16.2. The fourth-order valence-electron chi connectivity index (χ4n) is 1.44. The molecule has 0 aromatic carbocycles. The summed E-state index contributed by atoms with van der Waals surface area (Å²) in [6.07, 6.45) is 1.55. The van der Waals surface area contributed by atoms with E-state index in [0.29, 0.717) is 36.0 Å². The number of fused-ring (bicyclic) bond motifs is 1. The van der Waals surface area contributed by atoms with Crippen LogP contribution in [0.5, 0.6) is 0 Å². The van der Waals surface area contributed by atoms with Gasteiger partial charge < -0.3 is 26.7 Å². The Morgan fingerprint density at radius 1 is 1.44 bits per heavy atom. The number of urea groups is 1. The van der Waals surface area contributed by atoms with E-state index in [1.165, 1.54) is 0 Å². The normalized spacial score (nSPS) is 10.3. The van der Waals surface area contributed by atoms with Gasteiger partial charge in [-0.3, -0.25) is 0 Å². The number of rotatable bonds is 5. The summed E-state index contributed by atoms with van der Waals surface area (Å²) in [6.45, 7) is 0.904. The number of anilines is 2. The van der Waals surface area contributed by atoms with Crippen molar-refractivity contribution in [3.8, 4) is 0 Å². The fourth-order valence-corrected chi connectivity index (χ4v) is 1.44. The number of carbonyl (C=O) groups is 1. The van der Waals surface area contributed by atoms with Gasteiger partial charge in [-0.1, -0.05) is 0 Å². The molecule has 2 aromatic rings.